The smallest absolute Gasteiger partial charge is 0.406 e. The molecule has 1 saturated heterocycles. The van der Waals surface area contributed by atoms with Crippen molar-refractivity contribution in [2.45, 2.75) is 26.5 Å². The van der Waals surface area contributed by atoms with Crippen LogP contribution in [-0.2, 0) is 20.2 Å². The molecule has 0 saturated carbocycles. The molecule has 140 valence electrons. The molecular formula is C18H22ClN2O4P. The number of methoxy groups -OCH3 is 1. The average molecular weight is 397 g/mol. The second-order valence-corrected chi connectivity index (χ2v) is 8.98. The topological polar surface area (TPSA) is 69.7 Å². The summed E-state index contributed by atoms with van der Waals surface area (Å²) in [6.07, 6.45) is 1.18. The molecule has 0 aliphatic carbocycles. The van der Waals surface area contributed by atoms with E-state index < -0.39 is 13.9 Å². The van der Waals surface area contributed by atoms with E-state index in [1.165, 1.54) is 0 Å². The summed E-state index contributed by atoms with van der Waals surface area (Å²) < 4.78 is 30.1. The fourth-order valence-corrected chi connectivity index (χ4v) is 4.68. The monoisotopic (exact) mass is 396 g/mol. The number of aromatic nitrogens is 1. The van der Waals surface area contributed by atoms with E-state index in [2.05, 4.69) is 10.1 Å². The highest BCUT2D eigenvalue weighted by atomic mass is 35.5. The molecule has 1 aliphatic rings. The second-order valence-electron chi connectivity index (χ2n) is 6.81. The number of ether oxygens (including phenoxy) is 1. The van der Waals surface area contributed by atoms with Crippen LogP contribution in [0.3, 0.4) is 0 Å². The summed E-state index contributed by atoms with van der Waals surface area (Å²) >= 11 is 5.79. The van der Waals surface area contributed by atoms with Gasteiger partial charge in [0.2, 0.25) is 0 Å². The number of rotatable bonds is 5. The first-order chi connectivity index (χ1) is 12.3. The Labute approximate surface area is 158 Å². The molecule has 1 N–H and O–H groups in total. The third-order valence-corrected chi connectivity index (χ3v) is 5.97. The van der Waals surface area contributed by atoms with E-state index in [9.17, 15) is 4.57 Å². The summed E-state index contributed by atoms with van der Waals surface area (Å²) in [5.74, 6) is 0.695. The minimum absolute atomic E-state index is 0.291. The van der Waals surface area contributed by atoms with Crippen molar-refractivity contribution in [3.8, 4) is 5.75 Å². The molecule has 2 unspecified atom stereocenters. The van der Waals surface area contributed by atoms with Crippen LogP contribution >= 0.6 is 19.3 Å². The zero-order valence-electron chi connectivity index (χ0n) is 14.9. The second kappa shape index (κ2) is 7.67. The molecule has 2 atom stereocenters. The lowest BCUT2D eigenvalue weighted by Crippen LogP contribution is -2.36. The quantitative estimate of drug-likeness (QED) is 0.580. The third kappa shape index (κ3) is 4.27. The molecule has 0 radical (unpaired) electrons. The number of halogens is 1. The molecule has 2 aromatic rings. The largest absolute Gasteiger partial charge is 0.496 e. The molecule has 1 aromatic carbocycles. The number of hydrogen-bond donors (Lipinski definition) is 1. The van der Waals surface area contributed by atoms with Crippen LogP contribution in [0, 0.1) is 5.41 Å². The van der Waals surface area contributed by atoms with E-state index in [0.717, 1.165) is 11.1 Å². The van der Waals surface area contributed by atoms with Crippen LogP contribution in [0.2, 0.25) is 5.15 Å². The summed E-state index contributed by atoms with van der Waals surface area (Å²) in [6.45, 7) is 4.60. The van der Waals surface area contributed by atoms with Gasteiger partial charge in [0.15, 0.2) is 0 Å². The lowest BCUT2D eigenvalue weighted by atomic mass is 9.83. The molecule has 0 bridgehead atoms. The fraction of sp³-hybridized carbons (Fsp3) is 0.389. The van der Waals surface area contributed by atoms with Gasteiger partial charge < -0.3 is 4.74 Å². The lowest BCUT2D eigenvalue weighted by molar-refractivity contribution is -0.0311. The predicted molar refractivity (Wildman–Crippen MR) is 100 cm³/mol. The van der Waals surface area contributed by atoms with Crippen LogP contribution in [0.5, 0.6) is 5.75 Å². The predicted octanol–water partition coefficient (Wildman–Crippen LogP) is 4.76. The van der Waals surface area contributed by atoms with Gasteiger partial charge in [0.05, 0.1) is 13.7 Å². The lowest BCUT2D eigenvalue weighted by Gasteiger charge is -2.41. The van der Waals surface area contributed by atoms with E-state index >= 15 is 0 Å². The highest BCUT2D eigenvalue weighted by molar-refractivity contribution is 7.51. The molecule has 6 nitrogen and oxygen atoms in total. The van der Waals surface area contributed by atoms with Crippen molar-refractivity contribution >= 4 is 19.3 Å². The van der Waals surface area contributed by atoms with Crippen LogP contribution in [-0.4, -0.2) is 18.7 Å². The number of hydrogen-bond acceptors (Lipinski definition) is 5. The minimum atomic E-state index is -3.49. The standard InChI is InChI=1S/C18H22ClN2O4P/c1-18(2)12-24-26(22,21-11-13-8-9-16(19)20-10-13)25-17(18)14-6-4-5-7-15(14)23-3/h4-10,17H,11-12H2,1-3H3,(H,21,22). The van der Waals surface area contributed by atoms with Gasteiger partial charge in [-0.2, -0.15) is 0 Å². The summed E-state index contributed by atoms with van der Waals surface area (Å²) in [6, 6.07) is 11.1. The number of pyridine rings is 1. The molecule has 8 heteroatoms. The molecular weight excluding hydrogens is 375 g/mol. The average Bonchev–Trinajstić information content (AvgIpc) is 2.64. The van der Waals surface area contributed by atoms with E-state index in [4.69, 9.17) is 25.4 Å². The van der Waals surface area contributed by atoms with Gasteiger partial charge in [0.25, 0.3) is 0 Å². The fourth-order valence-electron chi connectivity index (χ4n) is 2.78. The van der Waals surface area contributed by atoms with E-state index in [1.807, 2.05) is 38.1 Å². The van der Waals surface area contributed by atoms with Crippen LogP contribution < -0.4 is 9.82 Å². The molecule has 26 heavy (non-hydrogen) atoms. The van der Waals surface area contributed by atoms with Gasteiger partial charge in [-0.25, -0.2) is 14.6 Å². The maximum absolute atomic E-state index is 13.1. The number of nitrogens with one attached hydrogen (secondary N) is 1. The van der Waals surface area contributed by atoms with Crippen molar-refractivity contribution in [1.82, 2.24) is 10.1 Å². The van der Waals surface area contributed by atoms with Crippen LogP contribution in [0.4, 0.5) is 0 Å². The highest BCUT2D eigenvalue weighted by Gasteiger charge is 2.46. The Morgan fingerprint density at radius 3 is 2.81 bits per heavy atom. The summed E-state index contributed by atoms with van der Waals surface area (Å²) in [7, 11) is -1.88. The van der Waals surface area contributed by atoms with Crippen molar-refractivity contribution in [1.29, 1.82) is 0 Å². The zero-order valence-corrected chi connectivity index (χ0v) is 16.6. The van der Waals surface area contributed by atoms with Crippen molar-refractivity contribution in [3.05, 3.63) is 58.9 Å². The number of benzene rings is 1. The van der Waals surface area contributed by atoms with Gasteiger partial charge in [0.1, 0.15) is 17.0 Å². The normalized spacial score (nSPS) is 25.0. The van der Waals surface area contributed by atoms with Crippen molar-refractivity contribution in [3.63, 3.8) is 0 Å². The molecule has 1 aromatic heterocycles. The SMILES string of the molecule is COc1ccccc1C1OP(=O)(NCc2ccc(Cl)nc2)OCC1(C)C. The van der Waals surface area contributed by atoms with Crippen LogP contribution in [0.1, 0.15) is 31.1 Å². The minimum Gasteiger partial charge on any atom is -0.496 e. The van der Waals surface area contributed by atoms with Crippen LogP contribution in [0.25, 0.3) is 0 Å². The van der Waals surface area contributed by atoms with Gasteiger partial charge in [-0.05, 0) is 17.7 Å². The van der Waals surface area contributed by atoms with E-state index in [0.29, 0.717) is 24.1 Å². The Hall–Kier alpha value is -1.43. The van der Waals surface area contributed by atoms with Crippen molar-refractivity contribution < 1.29 is 18.3 Å². The maximum atomic E-state index is 13.1. The van der Waals surface area contributed by atoms with E-state index in [1.54, 1.807) is 25.4 Å². The van der Waals surface area contributed by atoms with Crippen LogP contribution in [0.15, 0.2) is 42.6 Å². The Morgan fingerprint density at radius 2 is 2.12 bits per heavy atom. The van der Waals surface area contributed by atoms with Crippen molar-refractivity contribution in [2.24, 2.45) is 5.41 Å². The maximum Gasteiger partial charge on any atom is 0.406 e. The summed E-state index contributed by atoms with van der Waals surface area (Å²) in [5.41, 5.74) is 1.31. The number of nitrogens with zero attached hydrogens (tertiary/aromatic N) is 1. The summed E-state index contributed by atoms with van der Waals surface area (Å²) in [4.78, 5) is 4.01. The Balaban J connectivity index is 1.80. The third-order valence-electron chi connectivity index (χ3n) is 4.25. The molecule has 2 heterocycles. The highest BCUT2D eigenvalue weighted by Crippen LogP contribution is 2.59. The Morgan fingerprint density at radius 1 is 1.35 bits per heavy atom. The Kier molecular flexibility index (Phi) is 5.70. The van der Waals surface area contributed by atoms with Gasteiger partial charge >= 0.3 is 7.75 Å². The number of para-hydroxylation sites is 1. The molecule has 3 rings (SSSR count). The van der Waals surface area contributed by atoms with E-state index in [-0.39, 0.29) is 5.41 Å². The first kappa shape index (κ1) is 19.3. The van der Waals surface area contributed by atoms with Crippen molar-refractivity contribution in [2.75, 3.05) is 13.7 Å². The van der Waals surface area contributed by atoms with Gasteiger partial charge in [0, 0.05) is 23.7 Å². The first-order valence-electron chi connectivity index (χ1n) is 8.24. The van der Waals surface area contributed by atoms with Gasteiger partial charge in [-0.1, -0.05) is 49.7 Å². The molecule has 0 spiro atoms. The summed E-state index contributed by atoms with van der Waals surface area (Å²) in [5, 5.41) is 3.30. The zero-order chi connectivity index (χ0) is 18.8. The van der Waals surface area contributed by atoms with Gasteiger partial charge in [-0.15, -0.1) is 0 Å². The van der Waals surface area contributed by atoms with Gasteiger partial charge in [-0.3, -0.25) is 9.05 Å². The molecule has 0 amide bonds. The molecule has 1 fully saturated rings. The Bertz CT molecular complexity index is 813. The first-order valence-corrected chi connectivity index (χ1v) is 10.2. The molecule has 1 aliphatic heterocycles.